The van der Waals surface area contributed by atoms with Gasteiger partial charge in [0.25, 0.3) is 5.91 Å². The molecule has 0 unspecified atom stereocenters. The second-order valence-electron chi connectivity index (χ2n) is 6.22. The molecule has 3 heterocycles. The van der Waals surface area contributed by atoms with Crippen LogP contribution in [0.15, 0.2) is 48.8 Å². The minimum Gasteiger partial charge on any atom is -0.321 e. The van der Waals surface area contributed by atoms with Crippen LogP contribution < -0.4 is 5.32 Å². The topological polar surface area (TPSA) is 77.1 Å². The van der Waals surface area contributed by atoms with Gasteiger partial charge in [-0.15, -0.1) is 0 Å². The Balaban J connectivity index is 1.73. The maximum Gasteiger partial charge on any atom is 0.276 e. The predicted molar refractivity (Wildman–Crippen MR) is 99.1 cm³/mol. The number of hydrogen-bond acceptors (Lipinski definition) is 4. The van der Waals surface area contributed by atoms with E-state index < -0.39 is 0 Å². The third-order valence-corrected chi connectivity index (χ3v) is 4.38. The molecule has 0 aliphatic heterocycles. The monoisotopic (exact) mass is 346 g/mol. The lowest BCUT2D eigenvalue weighted by atomic mass is 10.2. The fourth-order valence-electron chi connectivity index (χ4n) is 2.88. The molecule has 0 aliphatic carbocycles. The van der Waals surface area contributed by atoms with Crippen LogP contribution in [0.1, 0.15) is 21.7 Å². The van der Waals surface area contributed by atoms with Crippen molar-refractivity contribution in [2.24, 2.45) is 7.05 Å². The Morgan fingerprint density at radius 3 is 2.73 bits per heavy atom. The average Bonchev–Trinajstić information content (AvgIpc) is 3.19. The van der Waals surface area contributed by atoms with Gasteiger partial charge in [0.2, 0.25) is 0 Å². The Hall–Kier alpha value is -3.48. The number of carbonyl (C=O) groups is 1. The molecule has 0 aliphatic rings. The van der Waals surface area contributed by atoms with Gasteiger partial charge in [-0.3, -0.25) is 9.48 Å². The van der Waals surface area contributed by atoms with Gasteiger partial charge in [-0.2, -0.15) is 10.2 Å². The summed E-state index contributed by atoms with van der Waals surface area (Å²) >= 11 is 0. The summed E-state index contributed by atoms with van der Waals surface area (Å²) in [5, 5.41) is 11.6. The van der Waals surface area contributed by atoms with E-state index in [1.165, 1.54) is 0 Å². The summed E-state index contributed by atoms with van der Waals surface area (Å²) < 4.78 is 3.48. The molecular formula is C19H18N6O. The summed E-state index contributed by atoms with van der Waals surface area (Å²) in [6.45, 7) is 3.97. The number of amides is 1. The highest BCUT2D eigenvalue weighted by atomic mass is 16.1. The highest BCUT2D eigenvalue weighted by Gasteiger charge is 2.16. The predicted octanol–water partition coefficient (Wildman–Crippen LogP) is 3.00. The van der Waals surface area contributed by atoms with Gasteiger partial charge < -0.3 is 5.32 Å². The molecule has 3 aromatic heterocycles. The van der Waals surface area contributed by atoms with Crippen molar-refractivity contribution in [1.29, 1.82) is 0 Å². The Labute approximate surface area is 150 Å². The van der Waals surface area contributed by atoms with Crippen molar-refractivity contribution in [2.45, 2.75) is 13.8 Å². The van der Waals surface area contributed by atoms with Gasteiger partial charge >= 0.3 is 0 Å². The average molecular weight is 346 g/mol. The highest BCUT2D eigenvalue weighted by Crippen LogP contribution is 2.23. The van der Waals surface area contributed by atoms with E-state index in [0.717, 1.165) is 28.2 Å². The summed E-state index contributed by atoms with van der Waals surface area (Å²) in [5.41, 5.74) is 5.55. The molecule has 1 N–H and O–H groups in total. The van der Waals surface area contributed by atoms with Gasteiger partial charge in [-0.05, 0) is 37.6 Å². The summed E-state index contributed by atoms with van der Waals surface area (Å²) in [6, 6.07) is 11.2. The maximum atomic E-state index is 12.6. The van der Waals surface area contributed by atoms with Crippen LogP contribution in [0.3, 0.4) is 0 Å². The number of hydrogen-bond donors (Lipinski definition) is 1. The van der Waals surface area contributed by atoms with E-state index in [9.17, 15) is 4.79 Å². The molecule has 0 bridgehead atoms. The lowest BCUT2D eigenvalue weighted by molar-refractivity contribution is 0.102. The molecule has 0 saturated carbocycles. The van der Waals surface area contributed by atoms with Gasteiger partial charge in [0.05, 0.1) is 11.9 Å². The number of carbonyl (C=O) groups excluding carboxylic acids is 1. The van der Waals surface area contributed by atoms with Crippen LogP contribution in [0.2, 0.25) is 0 Å². The number of anilines is 1. The Morgan fingerprint density at radius 1 is 1.15 bits per heavy atom. The van der Waals surface area contributed by atoms with Gasteiger partial charge in [0, 0.05) is 36.3 Å². The summed E-state index contributed by atoms with van der Waals surface area (Å²) in [7, 11) is 1.89. The zero-order valence-corrected chi connectivity index (χ0v) is 14.8. The molecule has 130 valence electrons. The third kappa shape index (κ3) is 2.73. The summed E-state index contributed by atoms with van der Waals surface area (Å²) in [6.07, 6.45) is 3.50. The first-order valence-corrected chi connectivity index (χ1v) is 8.25. The Kier molecular flexibility index (Phi) is 3.76. The van der Waals surface area contributed by atoms with E-state index in [1.807, 2.05) is 51.2 Å². The zero-order valence-electron chi connectivity index (χ0n) is 14.8. The van der Waals surface area contributed by atoms with E-state index in [2.05, 4.69) is 20.5 Å². The van der Waals surface area contributed by atoms with Crippen LogP contribution in [0.5, 0.6) is 0 Å². The van der Waals surface area contributed by atoms with Crippen LogP contribution in [0.4, 0.5) is 5.69 Å². The van der Waals surface area contributed by atoms with Crippen molar-refractivity contribution in [1.82, 2.24) is 24.4 Å². The molecule has 1 amide bonds. The van der Waals surface area contributed by atoms with Crippen LogP contribution in [0, 0.1) is 13.8 Å². The lowest BCUT2D eigenvalue weighted by Crippen LogP contribution is -2.12. The van der Waals surface area contributed by atoms with Crippen LogP contribution >= 0.6 is 0 Å². The Bertz CT molecular complexity index is 1120. The van der Waals surface area contributed by atoms with E-state index in [0.29, 0.717) is 11.3 Å². The smallest absolute Gasteiger partial charge is 0.276 e. The highest BCUT2D eigenvalue weighted by molar-refractivity contribution is 6.03. The van der Waals surface area contributed by atoms with E-state index in [-0.39, 0.29) is 5.91 Å². The molecule has 7 nitrogen and oxygen atoms in total. The number of aromatic nitrogens is 5. The first kappa shape index (κ1) is 16.0. The van der Waals surface area contributed by atoms with Crippen molar-refractivity contribution in [3.63, 3.8) is 0 Å². The normalized spacial score (nSPS) is 11.0. The van der Waals surface area contributed by atoms with Crippen LogP contribution in [-0.4, -0.2) is 30.3 Å². The lowest BCUT2D eigenvalue weighted by Gasteiger charge is -2.04. The largest absolute Gasteiger partial charge is 0.321 e. The van der Waals surface area contributed by atoms with E-state index in [1.54, 1.807) is 27.7 Å². The van der Waals surface area contributed by atoms with Crippen molar-refractivity contribution < 1.29 is 4.79 Å². The molecule has 26 heavy (non-hydrogen) atoms. The molecule has 0 saturated heterocycles. The summed E-state index contributed by atoms with van der Waals surface area (Å²) in [5.74, 6) is -0.269. The van der Waals surface area contributed by atoms with Gasteiger partial charge in [-0.1, -0.05) is 12.1 Å². The molecule has 0 radical (unpaired) electrons. The first-order valence-electron chi connectivity index (χ1n) is 8.25. The minimum absolute atomic E-state index is 0.269. The second kappa shape index (κ2) is 6.11. The Morgan fingerprint density at radius 2 is 2.00 bits per heavy atom. The van der Waals surface area contributed by atoms with E-state index >= 15 is 0 Å². The maximum absolute atomic E-state index is 12.6. The summed E-state index contributed by atoms with van der Waals surface area (Å²) in [4.78, 5) is 16.9. The number of fused-ring (bicyclic) bond motifs is 1. The van der Waals surface area contributed by atoms with Gasteiger partial charge in [-0.25, -0.2) is 9.50 Å². The zero-order chi connectivity index (χ0) is 18.3. The molecule has 1 aromatic carbocycles. The second-order valence-corrected chi connectivity index (χ2v) is 6.22. The molecule has 0 spiro atoms. The molecule has 0 fully saturated rings. The molecular weight excluding hydrogens is 328 g/mol. The van der Waals surface area contributed by atoms with Crippen molar-refractivity contribution in [3.05, 3.63) is 65.7 Å². The molecule has 0 atom stereocenters. The quantitative estimate of drug-likeness (QED) is 0.619. The van der Waals surface area contributed by atoms with Gasteiger partial charge in [0.1, 0.15) is 0 Å². The fourth-order valence-corrected chi connectivity index (χ4v) is 2.88. The molecule has 4 rings (SSSR count). The van der Waals surface area contributed by atoms with Crippen molar-refractivity contribution in [3.8, 4) is 11.3 Å². The molecule has 4 aromatic rings. The van der Waals surface area contributed by atoms with Gasteiger partial charge in [0.15, 0.2) is 11.3 Å². The third-order valence-electron chi connectivity index (χ3n) is 4.38. The van der Waals surface area contributed by atoms with Crippen molar-refractivity contribution in [2.75, 3.05) is 5.32 Å². The molecule has 7 heteroatoms. The number of nitrogens with zero attached hydrogens (tertiary/aromatic N) is 5. The first-order chi connectivity index (χ1) is 12.5. The number of benzene rings is 1. The van der Waals surface area contributed by atoms with Crippen molar-refractivity contribution >= 4 is 17.2 Å². The fraction of sp³-hybridized carbons (Fsp3) is 0.158. The number of nitrogens with one attached hydrogen (secondary N) is 1. The number of aryl methyl sites for hydroxylation is 2. The standard InChI is InChI=1S/C19H18N6O/c1-12-5-4-6-14(9-12)22-19(26)16-10-18-20-8-7-17(25(18)23-16)15-11-21-24(3)13(15)2/h4-11H,1-3H3,(H,22,26). The minimum atomic E-state index is -0.269. The van der Waals surface area contributed by atoms with Crippen LogP contribution in [0.25, 0.3) is 16.9 Å². The number of rotatable bonds is 3. The SMILES string of the molecule is Cc1cccc(NC(=O)c2cc3nccc(-c4cnn(C)c4C)n3n2)c1. The van der Waals surface area contributed by atoms with Crippen LogP contribution in [-0.2, 0) is 7.05 Å². The van der Waals surface area contributed by atoms with E-state index in [4.69, 9.17) is 0 Å².